The van der Waals surface area contributed by atoms with Gasteiger partial charge in [0.15, 0.2) is 30.8 Å². The summed E-state index contributed by atoms with van der Waals surface area (Å²) in [6, 6.07) is 18.0. The number of rotatable bonds is 20. The number of fused-ring (bicyclic) bond motifs is 2. The maximum Gasteiger partial charge on any atom is 0.163 e. The van der Waals surface area contributed by atoms with Gasteiger partial charge in [-0.3, -0.25) is 24.4 Å². The van der Waals surface area contributed by atoms with Gasteiger partial charge in [-0.15, -0.1) is 11.3 Å². The van der Waals surface area contributed by atoms with Crippen LogP contribution in [0.3, 0.4) is 0 Å². The van der Waals surface area contributed by atoms with E-state index in [-0.39, 0.29) is 23.9 Å². The first-order chi connectivity index (χ1) is 38.8. The van der Waals surface area contributed by atoms with Crippen molar-refractivity contribution in [2.75, 3.05) is 65.3 Å². The maximum atomic E-state index is 12.1. The Balaban J connectivity index is 0.00000134. The molecule has 1 fully saturated rings. The van der Waals surface area contributed by atoms with E-state index in [1.807, 2.05) is 122 Å². The standard InChI is InChI=1S/C31H35N5O3.C22H28ClNO3S.C2H7N.3C2H6.2CH4O/c1-3-24-18-36-19-26(16-33-30(36)17-32-24)35-13-11-22(12-14-35)27-9-10-29(34(2)25(21-39)7-5-15-37)31-23(20-38)6-4-8-28(27)31;1-5-7-17(13-22(2,3)4)24-16-9-6-8-15(12-16)21-19(23)20(27-11-10-25)18(14-26)28-21;1-3-2;5*1-2/h4,6,8-10,15-22,25,30H,3,5,7,11-14H2,1-2H3;6,8-10,12,14,17,24H,5,7,11,13H2,1-4H3;3H,1-2H3;3*1-2H3;2*2H,1H3. The molecule has 0 aliphatic carbocycles. The zero-order chi connectivity index (χ0) is 60.8. The first-order valence-corrected chi connectivity index (χ1v) is 29.3. The third-order valence-corrected chi connectivity index (χ3v) is 14.0. The van der Waals surface area contributed by atoms with Gasteiger partial charge in [-0.05, 0) is 98.7 Å². The number of aldehydes is 5. The third-order valence-electron chi connectivity index (χ3n) is 12.3. The number of hydrogen-bond acceptors (Lipinski definition) is 16. The van der Waals surface area contributed by atoms with E-state index < -0.39 is 6.04 Å². The molecule has 3 aromatic carbocycles. The molecule has 0 spiro atoms. The van der Waals surface area contributed by atoms with Gasteiger partial charge < -0.3 is 49.9 Å². The number of piperidine rings is 1. The van der Waals surface area contributed by atoms with Crippen LogP contribution in [-0.2, 0) is 14.4 Å². The zero-order valence-electron chi connectivity index (χ0n) is 50.8. The van der Waals surface area contributed by atoms with Gasteiger partial charge in [0, 0.05) is 94.0 Å². The molecule has 0 amide bonds. The Morgan fingerprint density at radius 1 is 0.875 bits per heavy atom. The molecule has 4 aromatic rings. The van der Waals surface area contributed by atoms with Crippen molar-refractivity contribution in [2.45, 2.75) is 152 Å². The van der Waals surface area contributed by atoms with Crippen molar-refractivity contribution in [1.82, 2.24) is 15.1 Å². The fourth-order valence-corrected chi connectivity index (χ4v) is 10.5. The summed E-state index contributed by atoms with van der Waals surface area (Å²) in [5.41, 5.74) is 7.02. The normalized spacial score (nSPS) is 14.6. The fourth-order valence-electron chi connectivity index (χ4n) is 9.07. The first kappa shape index (κ1) is 74.0. The molecule has 15 nitrogen and oxygen atoms in total. The van der Waals surface area contributed by atoms with E-state index >= 15 is 0 Å². The number of halogens is 1. The number of benzene rings is 3. The molecule has 0 radical (unpaired) electrons. The Kier molecular flexibility index (Phi) is 38.7. The number of aliphatic hydroxyl groups is 2. The highest BCUT2D eigenvalue weighted by molar-refractivity contribution is 7.18. The molecule has 4 heterocycles. The van der Waals surface area contributed by atoms with E-state index in [1.54, 1.807) is 0 Å². The second-order valence-corrected chi connectivity index (χ2v) is 20.3. The molecule has 0 saturated carbocycles. The summed E-state index contributed by atoms with van der Waals surface area (Å²) in [6.07, 6.45) is 18.9. The van der Waals surface area contributed by atoms with Gasteiger partial charge in [-0.25, -0.2) is 0 Å². The van der Waals surface area contributed by atoms with Crippen LogP contribution in [0, 0.1) is 5.41 Å². The lowest BCUT2D eigenvalue weighted by molar-refractivity contribution is -0.110. The largest absolute Gasteiger partial charge is 0.483 e. The summed E-state index contributed by atoms with van der Waals surface area (Å²) in [7, 11) is 7.61. The lowest BCUT2D eigenvalue weighted by atomic mass is 9.84. The lowest BCUT2D eigenvalue weighted by Crippen LogP contribution is -2.38. The van der Waals surface area contributed by atoms with Crippen molar-refractivity contribution >= 4 is 88.9 Å². The van der Waals surface area contributed by atoms with Crippen LogP contribution in [0.5, 0.6) is 5.75 Å². The Hall–Kier alpha value is -6.04. The summed E-state index contributed by atoms with van der Waals surface area (Å²) in [6.45, 7) is 24.7. The van der Waals surface area contributed by atoms with E-state index in [1.165, 1.54) is 16.9 Å². The fraction of sp³-hybridized carbons (Fsp3) is 0.508. The molecule has 1 saturated heterocycles. The van der Waals surface area contributed by atoms with Gasteiger partial charge in [0.2, 0.25) is 0 Å². The maximum absolute atomic E-state index is 12.1. The number of allylic oxidation sites excluding steroid dienone is 2. The summed E-state index contributed by atoms with van der Waals surface area (Å²) in [5, 5.41) is 22.7. The number of carbonyl (C=O) groups excluding carboxylic acids is 5. The highest BCUT2D eigenvalue weighted by Gasteiger charge is 2.28. The van der Waals surface area contributed by atoms with Gasteiger partial charge in [0.1, 0.15) is 29.1 Å². The number of ether oxygens (including phenoxy) is 1. The smallest absolute Gasteiger partial charge is 0.163 e. The van der Waals surface area contributed by atoms with Crippen LogP contribution in [0.1, 0.15) is 159 Å². The minimum Gasteiger partial charge on any atom is -0.483 e. The highest BCUT2D eigenvalue weighted by atomic mass is 35.5. The Morgan fingerprint density at radius 3 is 2.09 bits per heavy atom. The number of nitrogens with zero attached hydrogens (tertiary/aromatic N) is 5. The molecule has 3 atom stereocenters. The minimum atomic E-state index is -0.438. The molecule has 17 heteroatoms. The van der Waals surface area contributed by atoms with Crippen molar-refractivity contribution in [2.24, 2.45) is 15.4 Å². The lowest BCUT2D eigenvalue weighted by Gasteiger charge is -2.38. The second-order valence-electron chi connectivity index (χ2n) is 18.8. The molecule has 7 rings (SSSR count). The Labute approximate surface area is 488 Å². The second kappa shape index (κ2) is 41.9. The summed E-state index contributed by atoms with van der Waals surface area (Å²) < 4.78 is 5.36. The van der Waals surface area contributed by atoms with E-state index in [0.29, 0.717) is 52.8 Å². The molecule has 3 aliphatic rings. The molecule has 80 heavy (non-hydrogen) atoms. The molecule has 1 aromatic heterocycles. The van der Waals surface area contributed by atoms with Crippen molar-refractivity contribution in [3.05, 3.63) is 99.4 Å². The monoisotopic (exact) mass is 1150 g/mol. The molecule has 4 N–H and O–H groups in total. The van der Waals surface area contributed by atoms with Crippen LogP contribution < -0.4 is 20.3 Å². The average Bonchev–Trinajstić information content (AvgIpc) is 3.83. The zero-order valence-corrected chi connectivity index (χ0v) is 52.4. The SMILES string of the molecule is CC.CC.CC.CCC1=CN2C=C(N3CCC(c4ccc(N(C)C(C=O)CCC=O)c5c(C=O)cccc45)CC3)C=NC2C=N1.CCCC(CC(C)(C)C)Nc1cccc(-c2sc(C=O)c(OCC=O)c2Cl)c1.CNC.CO.CO. The first-order valence-electron chi connectivity index (χ1n) is 28.1. The van der Waals surface area contributed by atoms with Crippen LogP contribution in [-0.4, -0.2) is 137 Å². The number of likely N-dealkylation sites (N-methyl/N-ethyl adjacent to an activating group) is 1. The van der Waals surface area contributed by atoms with Crippen LogP contribution in [0.15, 0.2) is 88.4 Å². The van der Waals surface area contributed by atoms with Crippen molar-refractivity contribution in [3.8, 4) is 16.2 Å². The van der Waals surface area contributed by atoms with Crippen molar-refractivity contribution in [1.29, 1.82) is 0 Å². The quantitative estimate of drug-likeness (QED) is 0.0611. The number of nitrogens with one attached hydrogen (secondary N) is 2. The van der Waals surface area contributed by atoms with Crippen LogP contribution >= 0.6 is 22.9 Å². The van der Waals surface area contributed by atoms with Gasteiger partial charge >= 0.3 is 0 Å². The van der Waals surface area contributed by atoms with Crippen LogP contribution in [0.4, 0.5) is 11.4 Å². The Morgan fingerprint density at radius 2 is 1.52 bits per heavy atom. The predicted molar refractivity (Wildman–Crippen MR) is 339 cm³/mol. The average molecular weight is 1150 g/mol. The summed E-state index contributed by atoms with van der Waals surface area (Å²) >= 11 is 7.73. The number of likely N-dealkylation sites (tertiary alicyclic amines) is 1. The minimum absolute atomic E-state index is 0.0612. The van der Waals surface area contributed by atoms with Crippen molar-refractivity contribution in [3.63, 3.8) is 0 Å². The molecule has 3 aliphatic heterocycles. The Bertz CT molecular complexity index is 2550. The van der Waals surface area contributed by atoms with Crippen LogP contribution in [0.25, 0.3) is 21.2 Å². The molecule has 0 bridgehead atoms. The number of aliphatic hydroxyl groups excluding tert-OH is 2. The topological polar surface area (TPSA) is 194 Å². The van der Waals surface area contributed by atoms with Gasteiger partial charge in [-0.1, -0.05) is 131 Å². The van der Waals surface area contributed by atoms with Gasteiger partial charge in [0.25, 0.3) is 0 Å². The predicted octanol–water partition coefficient (Wildman–Crippen LogP) is 13.3. The van der Waals surface area contributed by atoms with E-state index in [9.17, 15) is 24.0 Å². The third kappa shape index (κ3) is 22.5. The van der Waals surface area contributed by atoms with Gasteiger partial charge in [-0.2, -0.15) is 0 Å². The van der Waals surface area contributed by atoms with E-state index in [2.05, 4.69) is 84.6 Å². The van der Waals surface area contributed by atoms with E-state index in [0.717, 1.165) is 129 Å². The number of thiophene rings is 1. The molecule has 444 valence electrons. The number of hydrogen-bond donors (Lipinski definition) is 4. The molecular weight excluding hydrogens is 1050 g/mol. The molecular formula is C63H96ClN7O8S. The number of aliphatic imine (C=N–C) groups is 2. The van der Waals surface area contributed by atoms with Crippen molar-refractivity contribution < 1.29 is 38.9 Å². The number of anilines is 2. The highest BCUT2D eigenvalue weighted by Crippen LogP contribution is 2.45. The van der Waals surface area contributed by atoms with E-state index in [4.69, 9.17) is 31.5 Å². The summed E-state index contributed by atoms with van der Waals surface area (Å²) in [5.74, 6) is 0.628. The van der Waals surface area contributed by atoms with Crippen LogP contribution in [0.2, 0.25) is 5.02 Å². The summed E-state index contributed by atoms with van der Waals surface area (Å²) in [4.78, 5) is 73.6. The van der Waals surface area contributed by atoms with Gasteiger partial charge in [0.05, 0.1) is 22.3 Å². The number of carbonyl (C=O) groups is 5. The molecule has 3 unspecified atom stereocenters.